The number of aliphatic hydroxyl groups excluding tert-OH is 1. The van der Waals surface area contributed by atoms with Crippen LogP contribution in [-0.2, 0) is 9.59 Å². The number of amides is 1. The molecule has 5 rings (SSSR count). The smallest absolute Gasteiger partial charge is 0.300 e. The van der Waals surface area contributed by atoms with Crippen LogP contribution in [0, 0.1) is 6.92 Å². The first-order valence-electron chi connectivity index (χ1n) is 11.7. The molecule has 35 heavy (non-hydrogen) atoms. The first-order chi connectivity index (χ1) is 17.0. The van der Waals surface area contributed by atoms with Gasteiger partial charge in [-0.25, -0.2) is 0 Å². The van der Waals surface area contributed by atoms with Gasteiger partial charge in [-0.2, -0.15) is 0 Å². The molecule has 1 aromatic heterocycles. The van der Waals surface area contributed by atoms with E-state index >= 15 is 0 Å². The number of ketones is 1. The summed E-state index contributed by atoms with van der Waals surface area (Å²) in [5.74, 6) is -1.04. The van der Waals surface area contributed by atoms with Gasteiger partial charge in [0, 0.05) is 33.9 Å². The van der Waals surface area contributed by atoms with Crippen molar-refractivity contribution in [1.29, 1.82) is 0 Å². The quantitative estimate of drug-likeness (QED) is 0.211. The van der Waals surface area contributed by atoms with E-state index in [-0.39, 0.29) is 11.3 Å². The standard InChI is InChI=1S/C29H26N2O4/c1-3-15-35-21-8-6-7-19(16-21)27(32)25-26(23-17-30-24-10-5-4-9-22(23)24)31(29(34)28(25)33)20-13-11-18(2)12-14-20/h4-14,16-17,26,30,32H,3,15H2,1-2H3/b27-25+. The van der Waals surface area contributed by atoms with E-state index in [1.54, 1.807) is 30.5 Å². The van der Waals surface area contributed by atoms with Gasteiger partial charge in [-0.15, -0.1) is 0 Å². The number of ether oxygens (including phenoxy) is 1. The SMILES string of the molecule is CCCOc1cccc(/C(O)=C2\C(=O)C(=O)N(c3ccc(C)cc3)C2c2c[nH]c3ccccc23)c1. The molecule has 1 amide bonds. The van der Waals surface area contributed by atoms with Gasteiger partial charge in [-0.05, 0) is 43.7 Å². The van der Waals surface area contributed by atoms with E-state index in [1.165, 1.54) is 4.90 Å². The Morgan fingerprint density at radius 3 is 2.57 bits per heavy atom. The third kappa shape index (κ3) is 3.97. The number of para-hydroxylation sites is 1. The van der Waals surface area contributed by atoms with E-state index in [0.29, 0.717) is 23.6 Å². The molecular formula is C29H26N2O4. The molecule has 3 aromatic carbocycles. The minimum atomic E-state index is -0.797. The lowest BCUT2D eigenvalue weighted by Crippen LogP contribution is -2.29. The number of aromatic nitrogens is 1. The summed E-state index contributed by atoms with van der Waals surface area (Å²) in [6.45, 7) is 4.51. The molecule has 176 valence electrons. The summed E-state index contributed by atoms with van der Waals surface area (Å²) < 4.78 is 5.71. The van der Waals surface area contributed by atoms with E-state index in [9.17, 15) is 14.7 Å². The lowest BCUT2D eigenvalue weighted by Gasteiger charge is -2.25. The first-order valence-corrected chi connectivity index (χ1v) is 11.7. The molecule has 1 unspecified atom stereocenters. The highest BCUT2D eigenvalue weighted by atomic mass is 16.5. The number of hydrogen-bond acceptors (Lipinski definition) is 4. The zero-order valence-corrected chi connectivity index (χ0v) is 19.6. The fourth-order valence-electron chi connectivity index (χ4n) is 4.53. The molecule has 4 aromatic rings. The maximum atomic E-state index is 13.4. The number of rotatable bonds is 6. The number of H-pyrrole nitrogens is 1. The number of aromatic amines is 1. The van der Waals surface area contributed by atoms with Crippen molar-refractivity contribution < 1.29 is 19.4 Å². The number of Topliss-reactive ketones (excluding diaryl/α,β-unsaturated/α-hetero) is 1. The van der Waals surface area contributed by atoms with Crippen LogP contribution in [0.4, 0.5) is 5.69 Å². The molecule has 0 spiro atoms. The van der Waals surface area contributed by atoms with Crippen LogP contribution in [0.15, 0.2) is 84.6 Å². The van der Waals surface area contributed by atoms with Crippen LogP contribution in [0.5, 0.6) is 5.75 Å². The molecule has 0 bridgehead atoms. The Bertz CT molecular complexity index is 1450. The van der Waals surface area contributed by atoms with Crippen molar-refractivity contribution >= 4 is 34.0 Å². The van der Waals surface area contributed by atoms with Crippen LogP contribution in [0.25, 0.3) is 16.7 Å². The van der Waals surface area contributed by atoms with Gasteiger partial charge >= 0.3 is 0 Å². The van der Waals surface area contributed by atoms with Crippen LogP contribution in [0.3, 0.4) is 0 Å². The Morgan fingerprint density at radius 1 is 1.03 bits per heavy atom. The van der Waals surface area contributed by atoms with Gasteiger partial charge in [0.25, 0.3) is 11.7 Å². The highest BCUT2D eigenvalue weighted by Gasteiger charge is 2.47. The van der Waals surface area contributed by atoms with Gasteiger partial charge < -0.3 is 14.8 Å². The van der Waals surface area contributed by atoms with Crippen molar-refractivity contribution in [3.05, 3.63) is 101 Å². The average Bonchev–Trinajstić information content (AvgIpc) is 3.41. The second-order valence-corrected chi connectivity index (χ2v) is 8.67. The van der Waals surface area contributed by atoms with E-state index in [0.717, 1.165) is 28.5 Å². The third-order valence-corrected chi connectivity index (χ3v) is 6.25. The summed E-state index contributed by atoms with van der Waals surface area (Å²) in [5.41, 5.74) is 3.72. The monoisotopic (exact) mass is 466 g/mol. The number of benzene rings is 3. The van der Waals surface area contributed by atoms with E-state index in [4.69, 9.17) is 4.74 Å². The van der Waals surface area contributed by atoms with E-state index < -0.39 is 17.7 Å². The van der Waals surface area contributed by atoms with Gasteiger partial charge in [0.2, 0.25) is 0 Å². The highest BCUT2D eigenvalue weighted by molar-refractivity contribution is 6.51. The summed E-state index contributed by atoms with van der Waals surface area (Å²) in [5, 5.41) is 12.3. The molecule has 2 N–H and O–H groups in total. The van der Waals surface area contributed by atoms with Crippen LogP contribution in [0.2, 0.25) is 0 Å². The normalized spacial score (nSPS) is 17.3. The predicted octanol–water partition coefficient (Wildman–Crippen LogP) is 5.89. The number of hydrogen-bond donors (Lipinski definition) is 2. The summed E-state index contributed by atoms with van der Waals surface area (Å²) in [6, 6.07) is 21.3. The number of anilines is 1. The van der Waals surface area contributed by atoms with Crippen molar-refractivity contribution in [1.82, 2.24) is 4.98 Å². The zero-order valence-electron chi connectivity index (χ0n) is 19.6. The third-order valence-electron chi connectivity index (χ3n) is 6.25. The van der Waals surface area contributed by atoms with Crippen molar-refractivity contribution in [3.63, 3.8) is 0 Å². The Labute approximate surface area is 203 Å². The number of carbonyl (C=O) groups excluding carboxylic acids is 2. The van der Waals surface area contributed by atoms with Gasteiger partial charge in [0.05, 0.1) is 18.2 Å². The fraction of sp³-hybridized carbons (Fsp3) is 0.172. The molecule has 1 aliphatic heterocycles. The molecule has 0 saturated carbocycles. The van der Waals surface area contributed by atoms with Gasteiger partial charge in [-0.1, -0.05) is 55.0 Å². The number of aryl methyl sites for hydroxylation is 1. The summed E-state index contributed by atoms with van der Waals surface area (Å²) in [7, 11) is 0. The molecule has 1 saturated heterocycles. The Morgan fingerprint density at radius 2 is 1.80 bits per heavy atom. The number of fused-ring (bicyclic) bond motifs is 1. The second-order valence-electron chi connectivity index (χ2n) is 8.67. The molecule has 1 fully saturated rings. The largest absolute Gasteiger partial charge is 0.507 e. The molecule has 1 aliphatic rings. The van der Waals surface area contributed by atoms with Crippen molar-refractivity contribution in [3.8, 4) is 5.75 Å². The maximum absolute atomic E-state index is 13.4. The summed E-state index contributed by atoms with van der Waals surface area (Å²) in [4.78, 5) is 31.5. The van der Waals surface area contributed by atoms with Crippen molar-refractivity contribution in [2.24, 2.45) is 0 Å². The molecule has 0 radical (unpaired) electrons. The Balaban J connectivity index is 1.72. The van der Waals surface area contributed by atoms with E-state index in [1.807, 2.05) is 62.4 Å². The molecule has 2 heterocycles. The first kappa shape index (κ1) is 22.5. The number of nitrogens with zero attached hydrogens (tertiary/aromatic N) is 1. The fourth-order valence-corrected chi connectivity index (χ4v) is 4.53. The molecule has 0 aliphatic carbocycles. The summed E-state index contributed by atoms with van der Waals surface area (Å²) in [6.07, 6.45) is 2.65. The lowest BCUT2D eigenvalue weighted by molar-refractivity contribution is -0.132. The minimum absolute atomic E-state index is 0.0490. The van der Waals surface area contributed by atoms with Crippen molar-refractivity contribution in [2.75, 3.05) is 11.5 Å². The predicted molar refractivity (Wildman–Crippen MR) is 136 cm³/mol. The summed E-state index contributed by atoms with van der Waals surface area (Å²) >= 11 is 0. The minimum Gasteiger partial charge on any atom is -0.507 e. The van der Waals surface area contributed by atoms with Gasteiger partial charge in [0.15, 0.2) is 0 Å². The zero-order chi connectivity index (χ0) is 24.5. The van der Waals surface area contributed by atoms with Gasteiger partial charge in [0.1, 0.15) is 11.5 Å². The van der Waals surface area contributed by atoms with Crippen LogP contribution >= 0.6 is 0 Å². The topological polar surface area (TPSA) is 82.6 Å². The lowest BCUT2D eigenvalue weighted by atomic mass is 9.94. The number of carbonyl (C=O) groups is 2. The number of nitrogens with one attached hydrogen (secondary N) is 1. The van der Waals surface area contributed by atoms with Gasteiger partial charge in [-0.3, -0.25) is 14.5 Å². The maximum Gasteiger partial charge on any atom is 0.300 e. The Kier molecular flexibility index (Phi) is 5.87. The average molecular weight is 467 g/mol. The van der Waals surface area contributed by atoms with E-state index in [2.05, 4.69) is 4.98 Å². The molecule has 6 heteroatoms. The Hall–Kier alpha value is -4.32. The second kappa shape index (κ2) is 9.14. The molecule has 6 nitrogen and oxygen atoms in total. The van der Waals surface area contributed by atoms with Crippen LogP contribution in [-0.4, -0.2) is 28.4 Å². The number of aliphatic hydroxyl groups is 1. The highest BCUT2D eigenvalue weighted by Crippen LogP contribution is 2.44. The molecular weight excluding hydrogens is 440 g/mol. The van der Waals surface area contributed by atoms with Crippen LogP contribution in [0.1, 0.15) is 36.1 Å². The molecule has 1 atom stereocenters. The van der Waals surface area contributed by atoms with Crippen LogP contribution < -0.4 is 9.64 Å². The van der Waals surface area contributed by atoms with Crippen molar-refractivity contribution in [2.45, 2.75) is 26.3 Å².